The monoisotopic (exact) mass is 214 g/mol. The third kappa shape index (κ3) is 3.05. The van der Waals surface area contributed by atoms with Crippen molar-refractivity contribution in [1.29, 1.82) is 0 Å². The Kier molecular flexibility index (Phi) is 3.38. The smallest absolute Gasteiger partial charge is 0.387 e. The lowest BCUT2D eigenvalue weighted by molar-refractivity contribution is -0.130. The van der Waals surface area contributed by atoms with Crippen LogP contribution in [0.25, 0.3) is 5.57 Å². The third-order valence-corrected chi connectivity index (χ3v) is 1.67. The van der Waals surface area contributed by atoms with E-state index in [4.69, 9.17) is 5.11 Å². The van der Waals surface area contributed by atoms with Gasteiger partial charge in [0.25, 0.3) is 0 Å². The molecular weight excluding hydrogens is 206 g/mol. The van der Waals surface area contributed by atoms with Crippen LogP contribution in [0.3, 0.4) is 0 Å². The van der Waals surface area contributed by atoms with E-state index in [1.807, 2.05) is 0 Å². The molecule has 0 aliphatic carbocycles. The van der Waals surface area contributed by atoms with E-state index < -0.39 is 12.6 Å². The minimum atomic E-state index is -2.93. The van der Waals surface area contributed by atoms with Gasteiger partial charge in [-0.1, -0.05) is 18.7 Å². The fourth-order valence-electron chi connectivity index (χ4n) is 0.983. The number of hydrogen-bond donors (Lipinski definition) is 1. The Balaban J connectivity index is 2.92. The molecule has 0 aliphatic rings. The largest absolute Gasteiger partial charge is 0.478 e. The highest BCUT2D eigenvalue weighted by Crippen LogP contribution is 2.20. The van der Waals surface area contributed by atoms with E-state index in [0.717, 1.165) is 0 Å². The molecule has 3 nitrogen and oxygen atoms in total. The van der Waals surface area contributed by atoms with Crippen LogP contribution in [0.15, 0.2) is 30.8 Å². The van der Waals surface area contributed by atoms with E-state index in [-0.39, 0.29) is 16.9 Å². The number of ether oxygens (including phenoxy) is 1. The van der Waals surface area contributed by atoms with Crippen LogP contribution in [-0.2, 0) is 4.79 Å². The molecule has 0 aromatic heterocycles. The van der Waals surface area contributed by atoms with E-state index >= 15 is 0 Å². The van der Waals surface area contributed by atoms with Gasteiger partial charge >= 0.3 is 12.6 Å². The molecule has 0 saturated carbocycles. The minimum Gasteiger partial charge on any atom is -0.478 e. The summed E-state index contributed by atoms with van der Waals surface area (Å²) in [6, 6.07) is 5.38. The Labute approximate surface area is 84.6 Å². The number of benzene rings is 1. The molecule has 1 N–H and O–H groups in total. The zero-order valence-corrected chi connectivity index (χ0v) is 7.61. The second-order valence-electron chi connectivity index (χ2n) is 2.69. The molecule has 0 bridgehead atoms. The van der Waals surface area contributed by atoms with Gasteiger partial charge in [-0.05, 0) is 17.7 Å². The van der Waals surface area contributed by atoms with Crippen molar-refractivity contribution in [2.24, 2.45) is 0 Å². The molecule has 0 aliphatic heterocycles. The van der Waals surface area contributed by atoms with Crippen molar-refractivity contribution < 1.29 is 23.4 Å². The lowest BCUT2D eigenvalue weighted by Crippen LogP contribution is -2.03. The summed E-state index contributed by atoms with van der Waals surface area (Å²) in [6.07, 6.45) is 0. The lowest BCUT2D eigenvalue weighted by atomic mass is 10.1. The fraction of sp³-hybridized carbons (Fsp3) is 0.100. The summed E-state index contributed by atoms with van der Waals surface area (Å²) < 4.78 is 27.8. The van der Waals surface area contributed by atoms with Crippen molar-refractivity contribution in [3.8, 4) is 5.75 Å². The van der Waals surface area contributed by atoms with E-state index in [2.05, 4.69) is 11.3 Å². The molecule has 0 fully saturated rings. The van der Waals surface area contributed by atoms with Gasteiger partial charge in [0.2, 0.25) is 0 Å². The first-order valence-corrected chi connectivity index (χ1v) is 3.98. The summed E-state index contributed by atoms with van der Waals surface area (Å²) >= 11 is 0. The van der Waals surface area contributed by atoms with Gasteiger partial charge in [-0.2, -0.15) is 8.78 Å². The fourth-order valence-corrected chi connectivity index (χ4v) is 0.983. The topological polar surface area (TPSA) is 46.5 Å². The van der Waals surface area contributed by atoms with E-state index in [0.29, 0.717) is 0 Å². The quantitative estimate of drug-likeness (QED) is 0.782. The number of carboxylic acid groups (broad SMARTS) is 1. The van der Waals surface area contributed by atoms with Crippen LogP contribution >= 0.6 is 0 Å². The van der Waals surface area contributed by atoms with Crippen LogP contribution in [0.2, 0.25) is 0 Å². The maximum absolute atomic E-state index is 11.9. The molecule has 0 spiro atoms. The highest BCUT2D eigenvalue weighted by atomic mass is 19.3. The molecule has 1 aromatic carbocycles. The summed E-state index contributed by atoms with van der Waals surface area (Å²) in [6.45, 7) is 0.370. The number of aliphatic carboxylic acids is 1. The minimum absolute atomic E-state index is 0.0927. The number of carboxylic acids is 1. The average Bonchev–Trinajstić information content (AvgIpc) is 2.16. The zero-order valence-electron chi connectivity index (χ0n) is 7.61. The zero-order chi connectivity index (χ0) is 11.4. The molecule has 0 heterocycles. The first-order valence-electron chi connectivity index (χ1n) is 3.98. The highest BCUT2D eigenvalue weighted by molar-refractivity contribution is 6.14. The Hall–Kier alpha value is -1.91. The van der Waals surface area contributed by atoms with Gasteiger partial charge in [0.05, 0.1) is 5.57 Å². The molecule has 1 rings (SSSR count). The van der Waals surface area contributed by atoms with Gasteiger partial charge in [-0.3, -0.25) is 0 Å². The predicted molar refractivity (Wildman–Crippen MR) is 49.7 cm³/mol. The molecule has 5 heteroatoms. The molecule has 15 heavy (non-hydrogen) atoms. The second kappa shape index (κ2) is 4.54. The van der Waals surface area contributed by atoms with Crippen molar-refractivity contribution in [3.05, 3.63) is 36.4 Å². The lowest BCUT2D eigenvalue weighted by Gasteiger charge is -2.06. The van der Waals surface area contributed by atoms with E-state index in [9.17, 15) is 13.6 Å². The summed E-state index contributed by atoms with van der Waals surface area (Å²) in [5.41, 5.74) is 0.0652. The molecule has 0 atom stereocenters. The van der Waals surface area contributed by atoms with Crippen molar-refractivity contribution in [2.45, 2.75) is 6.61 Å². The summed E-state index contributed by atoms with van der Waals surface area (Å²) in [5.74, 6) is -1.30. The molecule has 1 aromatic rings. The van der Waals surface area contributed by atoms with Crippen molar-refractivity contribution >= 4 is 11.5 Å². The van der Waals surface area contributed by atoms with Crippen molar-refractivity contribution in [3.63, 3.8) is 0 Å². The Bertz CT molecular complexity index is 388. The summed E-state index contributed by atoms with van der Waals surface area (Å²) in [7, 11) is 0. The highest BCUT2D eigenvalue weighted by Gasteiger charge is 2.09. The van der Waals surface area contributed by atoms with E-state index in [1.54, 1.807) is 0 Å². The first-order chi connectivity index (χ1) is 7.00. The first kappa shape index (κ1) is 11.2. The van der Waals surface area contributed by atoms with Crippen LogP contribution in [0.4, 0.5) is 8.78 Å². The van der Waals surface area contributed by atoms with Gasteiger partial charge in [0.1, 0.15) is 5.75 Å². The summed E-state index contributed by atoms with van der Waals surface area (Å²) in [4.78, 5) is 10.5. The standard InChI is InChI=1S/C10H8F2O3/c1-6(9(13)14)7-3-2-4-8(5-7)15-10(11)12/h2-5,10H,1H2,(H,13,14). The van der Waals surface area contributed by atoms with Gasteiger partial charge in [-0.15, -0.1) is 0 Å². The Morgan fingerprint density at radius 1 is 1.47 bits per heavy atom. The number of halogens is 2. The van der Waals surface area contributed by atoms with Gasteiger partial charge in [0, 0.05) is 0 Å². The Morgan fingerprint density at radius 2 is 2.13 bits per heavy atom. The normalized spacial score (nSPS) is 10.1. The van der Waals surface area contributed by atoms with Crippen LogP contribution in [0, 0.1) is 0 Å². The van der Waals surface area contributed by atoms with E-state index in [1.165, 1.54) is 24.3 Å². The predicted octanol–water partition coefficient (Wildman–Crippen LogP) is 2.39. The number of alkyl halides is 2. The van der Waals surface area contributed by atoms with Crippen LogP contribution < -0.4 is 4.74 Å². The average molecular weight is 214 g/mol. The molecule has 80 valence electrons. The maximum atomic E-state index is 11.9. The SMILES string of the molecule is C=C(C(=O)O)c1cccc(OC(F)F)c1. The number of carbonyl (C=O) groups is 1. The molecule has 0 saturated heterocycles. The molecule has 0 amide bonds. The third-order valence-electron chi connectivity index (χ3n) is 1.67. The number of rotatable bonds is 4. The van der Waals surface area contributed by atoms with Gasteiger partial charge in [-0.25, -0.2) is 4.79 Å². The van der Waals surface area contributed by atoms with Gasteiger partial charge < -0.3 is 9.84 Å². The molecule has 0 unspecified atom stereocenters. The number of hydrogen-bond acceptors (Lipinski definition) is 2. The van der Waals surface area contributed by atoms with Crippen LogP contribution in [-0.4, -0.2) is 17.7 Å². The van der Waals surface area contributed by atoms with Crippen molar-refractivity contribution in [1.82, 2.24) is 0 Å². The van der Waals surface area contributed by atoms with Crippen LogP contribution in [0.1, 0.15) is 5.56 Å². The van der Waals surface area contributed by atoms with Crippen LogP contribution in [0.5, 0.6) is 5.75 Å². The molecular formula is C10H8F2O3. The van der Waals surface area contributed by atoms with Gasteiger partial charge in [0.15, 0.2) is 0 Å². The maximum Gasteiger partial charge on any atom is 0.387 e. The Morgan fingerprint density at radius 3 is 2.67 bits per heavy atom. The second-order valence-corrected chi connectivity index (χ2v) is 2.69. The van der Waals surface area contributed by atoms with Crippen molar-refractivity contribution in [2.75, 3.05) is 0 Å². The molecule has 0 radical (unpaired) electrons. The summed E-state index contributed by atoms with van der Waals surface area (Å²) in [5, 5.41) is 8.62.